The van der Waals surface area contributed by atoms with Crippen molar-refractivity contribution in [3.8, 4) is 11.4 Å². The maximum atomic E-state index is 12.3. The highest BCUT2D eigenvalue weighted by atomic mass is 35.5. The van der Waals surface area contributed by atoms with Gasteiger partial charge in [-0.3, -0.25) is 4.79 Å². The van der Waals surface area contributed by atoms with Crippen molar-refractivity contribution >= 4 is 34.2 Å². The highest BCUT2D eigenvalue weighted by Gasteiger charge is 2.13. The molecule has 1 N–H and O–H groups in total. The number of fused-ring (bicyclic) bond motifs is 1. The van der Waals surface area contributed by atoms with Crippen LogP contribution in [0, 0.1) is 0 Å². The maximum Gasteiger partial charge on any atom is 0.262 e. The molecule has 1 aromatic heterocycles. The average molecular weight is 435 g/mol. The first-order chi connectivity index (χ1) is 14.8. The fourth-order valence-corrected chi connectivity index (χ4v) is 3.21. The molecule has 0 unspecified atom stereocenters. The number of rotatable bonds is 5. The molecule has 0 aliphatic rings. The standard InChI is InChI=1S/C24H23ClN4O2/c1-24(2,3)16-4-11-20(12-5-16)31-15-23(30)26-18-8-13-21-22(14-18)28-29(27-21)19-9-6-17(25)7-10-19/h4-14H,15H2,1-3H3,(H,26,30). The number of halogens is 1. The first-order valence-electron chi connectivity index (χ1n) is 9.94. The van der Waals surface area contributed by atoms with E-state index in [9.17, 15) is 4.79 Å². The Morgan fingerprint density at radius 3 is 2.32 bits per heavy atom. The number of anilines is 1. The Bertz CT molecular complexity index is 1210. The third kappa shape index (κ3) is 5.03. The summed E-state index contributed by atoms with van der Waals surface area (Å²) in [6.45, 7) is 6.38. The molecule has 0 saturated carbocycles. The van der Waals surface area contributed by atoms with Crippen LogP contribution in [0.5, 0.6) is 5.75 Å². The number of benzene rings is 3. The molecule has 0 bridgehead atoms. The molecule has 31 heavy (non-hydrogen) atoms. The van der Waals surface area contributed by atoms with Crippen LogP contribution in [-0.4, -0.2) is 27.5 Å². The van der Waals surface area contributed by atoms with E-state index in [-0.39, 0.29) is 17.9 Å². The molecule has 0 saturated heterocycles. The van der Waals surface area contributed by atoms with Crippen LogP contribution in [0.2, 0.25) is 5.02 Å². The Morgan fingerprint density at radius 1 is 0.968 bits per heavy atom. The van der Waals surface area contributed by atoms with Gasteiger partial charge >= 0.3 is 0 Å². The lowest BCUT2D eigenvalue weighted by molar-refractivity contribution is -0.118. The van der Waals surface area contributed by atoms with Crippen LogP contribution in [0.3, 0.4) is 0 Å². The summed E-state index contributed by atoms with van der Waals surface area (Å²) in [5.41, 5.74) is 4.12. The molecule has 0 aliphatic heterocycles. The van der Waals surface area contributed by atoms with E-state index in [0.717, 1.165) is 11.2 Å². The van der Waals surface area contributed by atoms with E-state index in [1.54, 1.807) is 24.3 Å². The Hall–Kier alpha value is -3.38. The molecule has 0 spiro atoms. The van der Waals surface area contributed by atoms with E-state index < -0.39 is 0 Å². The van der Waals surface area contributed by atoms with Crippen molar-refractivity contribution in [2.24, 2.45) is 0 Å². The van der Waals surface area contributed by atoms with Crippen LogP contribution in [0.1, 0.15) is 26.3 Å². The van der Waals surface area contributed by atoms with Gasteiger partial charge < -0.3 is 10.1 Å². The number of aromatic nitrogens is 3. The SMILES string of the molecule is CC(C)(C)c1ccc(OCC(=O)Nc2ccc3nn(-c4ccc(Cl)cc4)nc3c2)cc1. The van der Waals surface area contributed by atoms with Gasteiger partial charge in [0.25, 0.3) is 5.91 Å². The first kappa shape index (κ1) is 20.9. The van der Waals surface area contributed by atoms with E-state index in [2.05, 4.69) is 36.3 Å². The second-order valence-corrected chi connectivity index (χ2v) is 8.72. The normalized spacial score (nSPS) is 11.5. The van der Waals surface area contributed by atoms with Crippen molar-refractivity contribution in [2.75, 3.05) is 11.9 Å². The summed E-state index contributed by atoms with van der Waals surface area (Å²) in [5, 5.41) is 12.4. The predicted molar refractivity (Wildman–Crippen MR) is 123 cm³/mol. The Kier molecular flexibility index (Phi) is 5.65. The minimum absolute atomic E-state index is 0.0734. The van der Waals surface area contributed by atoms with Crippen molar-refractivity contribution in [1.29, 1.82) is 0 Å². The number of hydrogen-bond acceptors (Lipinski definition) is 4. The Labute approximate surface area is 185 Å². The molecular weight excluding hydrogens is 412 g/mol. The third-order valence-corrected chi connectivity index (χ3v) is 5.06. The number of nitrogens with zero attached hydrogens (tertiary/aromatic N) is 3. The molecule has 7 heteroatoms. The maximum absolute atomic E-state index is 12.3. The first-order valence-corrected chi connectivity index (χ1v) is 10.3. The van der Waals surface area contributed by atoms with Crippen LogP contribution in [0.4, 0.5) is 5.69 Å². The quantitative estimate of drug-likeness (QED) is 0.457. The molecule has 1 amide bonds. The van der Waals surface area contributed by atoms with E-state index in [1.807, 2.05) is 42.5 Å². The summed E-state index contributed by atoms with van der Waals surface area (Å²) in [4.78, 5) is 13.9. The van der Waals surface area contributed by atoms with Crippen LogP contribution in [0.15, 0.2) is 66.7 Å². The summed E-state index contributed by atoms with van der Waals surface area (Å²) < 4.78 is 5.61. The van der Waals surface area contributed by atoms with Crippen LogP contribution < -0.4 is 10.1 Å². The fraction of sp³-hybridized carbons (Fsp3) is 0.208. The second-order valence-electron chi connectivity index (χ2n) is 8.28. The van der Waals surface area contributed by atoms with E-state index in [4.69, 9.17) is 16.3 Å². The summed E-state index contributed by atoms with van der Waals surface area (Å²) in [5.74, 6) is 0.411. The van der Waals surface area contributed by atoms with Crippen LogP contribution in [-0.2, 0) is 10.2 Å². The lowest BCUT2D eigenvalue weighted by atomic mass is 9.87. The number of amides is 1. The molecule has 4 rings (SSSR count). The van der Waals surface area contributed by atoms with Gasteiger partial charge in [0.15, 0.2) is 6.61 Å². The molecule has 0 aliphatic carbocycles. The lowest BCUT2D eigenvalue weighted by Gasteiger charge is -2.19. The number of carbonyl (C=O) groups excluding carboxylic acids is 1. The Morgan fingerprint density at radius 2 is 1.65 bits per heavy atom. The minimum atomic E-state index is -0.246. The van der Waals surface area contributed by atoms with Crippen LogP contribution >= 0.6 is 11.6 Å². The Balaban J connectivity index is 1.40. The smallest absolute Gasteiger partial charge is 0.262 e. The van der Waals surface area contributed by atoms with Crippen molar-refractivity contribution < 1.29 is 9.53 Å². The van der Waals surface area contributed by atoms with Gasteiger partial charge in [-0.2, -0.15) is 4.80 Å². The lowest BCUT2D eigenvalue weighted by Crippen LogP contribution is -2.20. The van der Waals surface area contributed by atoms with E-state index in [1.165, 1.54) is 10.4 Å². The zero-order chi connectivity index (χ0) is 22.0. The summed E-state index contributed by atoms with van der Waals surface area (Å²) >= 11 is 5.94. The van der Waals surface area contributed by atoms with Gasteiger partial charge in [0.1, 0.15) is 16.8 Å². The predicted octanol–water partition coefficient (Wildman–Crippen LogP) is 5.39. The number of hydrogen-bond donors (Lipinski definition) is 1. The second kappa shape index (κ2) is 8.40. The molecule has 6 nitrogen and oxygen atoms in total. The summed E-state index contributed by atoms with van der Waals surface area (Å²) in [7, 11) is 0. The van der Waals surface area contributed by atoms with Gasteiger partial charge in [0.2, 0.25) is 0 Å². The van der Waals surface area contributed by atoms with E-state index >= 15 is 0 Å². The van der Waals surface area contributed by atoms with Crippen LogP contribution in [0.25, 0.3) is 16.7 Å². The molecular formula is C24H23ClN4O2. The molecule has 4 aromatic rings. The largest absolute Gasteiger partial charge is 0.484 e. The zero-order valence-corrected chi connectivity index (χ0v) is 18.3. The third-order valence-electron chi connectivity index (χ3n) is 4.81. The van der Waals surface area contributed by atoms with Crippen molar-refractivity contribution in [3.63, 3.8) is 0 Å². The average Bonchev–Trinajstić information content (AvgIpc) is 3.16. The number of nitrogens with one attached hydrogen (secondary N) is 1. The van der Waals surface area contributed by atoms with Crippen molar-refractivity contribution in [3.05, 3.63) is 77.3 Å². The number of ether oxygens (including phenoxy) is 1. The fourth-order valence-electron chi connectivity index (χ4n) is 3.08. The zero-order valence-electron chi connectivity index (χ0n) is 17.6. The van der Waals surface area contributed by atoms with E-state index in [0.29, 0.717) is 22.0 Å². The minimum Gasteiger partial charge on any atom is -0.484 e. The van der Waals surface area contributed by atoms with Gasteiger partial charge in [0, 0.05) is 10.7 Å². The summed E-state index contributed by atoms with van der Waals surface area (Å²) in [6.07, 6.45) is 0. The van der Waals surface area contributed by atoms with Crippen molar-refractivity contribution in [2.45, 2.75) is 26.2 Å². The molecule has 158 valence electrons. The molecule has 0 fully saturated rings. The molecule has 0 radical (unpaired) electrons. The highest BCUT2D eigenvalue weighted by Crippen LogP contribution is 2.24. The van der Waals surface area contributed by atoms with Crippen molar-refractivity contribution in [1.82, 2.24) is 15.0 Å². The molecule has 0 atom stereocenters. The topological polar surface area (TPSA) is 69.0 Å². The van der Waals surface area contributed by atoms with Gasteiger partial charge in [-0.25, -0.2) is 0 Å². The van der Waals surface area contributed by atoms with Gasteiger partial charge in [-0.1, -0.05) is 44.5 Å². The van der Waals surface area contributed by atoms with Gasteiger partial charge in [-0.15, -0.1) is 10.2 Å². The molecule has 1 heterocycles. The monoisotopic (exact) mass is 434 g/mol. The molecule has 3 aromatic carbocycles. The summed E-state index contributed by atoms with van der Waals surface area (Å²) in [6, 6.07) is 20.5. The van der Waals surface area contributed by atoms with Gasteiger partial charge in [0.05, 0.1) is 5.69 Å². The van der Waals surface area contributed by atoms with Gasteiger partial charge in [-0.05, 0) is 65.6 Å². The highest BCUT2D eigenvalue weighted by molar-refractivity contribution is 6.30. The number of carbonyl (C=O) groups is 1.